The maximum atomic E-state index is 3.36. The molecule has 0 aromatic heterocycles. The smallest absolute Gasteiger partial charge is 0.00346 e. The molecule has 0 N–H and O–H groups in total. The molecule has 0 fully saturated rings. The average Bonchev–Trinajstić information content (AvgIpc) is 2.63. The van der Waals surface area contributed by atoms with Crippen LogP contribution in [0.5, 0.6) is 0 Å². The number of allylic oxidation sites excluding steroid dienone is 3. The first kappa shape index (κ1) is 24.0. The first-order valence-corrected chi connectivity index (χ1v) is 5.73. The Morgan fingerprint density at radius 1 is 1.27 bits per heavy atom. The lowest BCUT2D eigenvalue weighted by Crippen LogP contribution is -1.84. The molecule has 1 aliphatic rings. The fourth-order valence-corrected chi connectivity index (χ4v) is 0.505. The molecule has 0 bridgehead atoms. The van der Waals surface area contributed by atoms with Gasteiger partial charge in [-0.05, 0) is 13.8 Å². The van der Waals surface area contributed by atoms with Gasteiger partial charge in [0.15, 0.2) is 0 Å². The van der Waals surface area contributed by atoms with Crippen molar-refractivity contribution >= 4 is 0 Å². The van der Waals surface area contributed by atoms with Crippen LogP contribution < -0.4 is 0 Å². The Morgan fingerprint density at radius 2 is 1.33 bits per heavy atom. The minimum Gasteiger partial charge on any atom is -0.103 e. The average molecular weight is 214 g/mol. The Balaban J connectivity index is -0.0000000592. The maximum absolute atomic E-state index is 3.36. The summed E-state index contributed by atoms with van der Waals surface area (Å²) < 4.78 is 0. The van der Waals surface area contributed by atoms with Crippen LogP contribution in [0, 0.1) is 5.41 Å². The van der Waals surface area contributed by atoms with Crippen molar-refractivity contribution in [3.05, 3.63) is 24.3 Å². The second kappa shape index (κ2) is 15.9. The molecule has 15 heavy (non-hydrogen) atoms. The van der Waals surface area contributed by atoms with Gasteiger partial charge in [0, 0.05) is 5.41 Å². The standard InChI is InChI=1S/C6H10.C3H8.C3H6.C2H6.CH4/c1-5-4-6(5,2)3;2*1-3-2;1-2;/h4H,1-3H3;3H2,1-2H3;3H,1H2,2H3;1-2H3;1H4. The summed E-state index contributed by atoms with van der Waals surface area (Å²) in [6.07, 6.45) is 5.27. The fourth-order valence-electron chi connectivity index (χ4n) is 0.505. The summed E-state index contributed by atoms with van der Waals surface area (Å²) in [5.74, 6) is 0. The van der Waals surface area contributed by atoms with Crippen LogP contribution in [0.3, 0.4) is 0 Å². The number of rotatable bonds is 0. The molecule has 0 radical (unpaired) electrons. The molecule has 94 valence electrons. The van der Waals surface area contributed by atoms with Crippen molar-refractivity contribution < 1.29 is 0 Å². The molecule has 1 rings (SSSR count). The first-order chi connectivity index (χ1) is 6.46. The van der Waals surface area contributed by atoms with E-state index in [0.29, 0.717) is 5.41 Å². The van der Waals surface area contributed by atoms with Gasteiger partial charge in [-0.15, -0.1) is 6.58 Å². The minimum atomic E-state index is 0. The van der Waals surface area contributed by atoms with E-state index in [9.17, 15) is 0 Å². The third kappa shape index (κ3) is 24.7. The molecule has 0 amide bonds. The fraction of sp³-hybridized carbons (Fsp3) is 0.733. The second-order valence-electron chi connectivity index (χ2n) is 3.66. The van der Waals surface area contributed by atoms with Crippen LogP contribution >= 0.6 is 0 Å². The number of hydrogen-bond donors (Lipinski definition) is 0. The lowest BCUT2D eigenvalue weighted by Gasteiger charge is -1.94. The van der Waals surface area contributed by atoms with Crippen molar-refractivity contribution in [1.82, 2.24) is 0 Å². The molecule has 0 atom stereocenters. The Hall–Kier alpha value is -0.520. The van der Waals surface area contributed by atoms with Crippen LogP contribution in [-0.2, 0) is 0 Å². The van der Waals surface area contributed by atoms with E-state index in [4.69, 9.17) is 0 Å². The summed E-state index contributed by atoms with van der Waals surface area (Å²) in [5.41, 5.74) is 2.03. The predicted octanol–water partition coefficient (Wildman–Crippen LogP) is 6.24. The van der Waals surface area contributed by atoms with E-state index in [2.05, 4.69) is 47.3 Å². The van der Waals surface area contributed by atoms with Crippen molar-refractivity contribution in [3.8, 4) is 0 Å². The van der Waals surface area contributed by atoms with Gasteiger partial charge >= 0.3 is 0 Å². The molecule has 0 saturated carbocycles. The summed E-state index contributed by atoms with van der Waals surface area (Å²) in [6.45, 7) is 20.1. The zero-order chi connectivity index (χ0) is 12.2. The van der Waals surface area contributed by atoms with Crippen LogP contribution in [0.25, 0.3) is 0 Å². The largest absolute Gasteiger partial charge is 0.103 e. The Morgan fingerprint density at radius 3 is 1.33 bits per heavy atom. The molecule has 0 heterocycles. The highest BCUT2D eigenvalue weighted by Crippen LogP contribution is 2.41. The molecule has 0 nitrogen and oxygen atoms in total. The third-order valence-corrected chi connectivity index (χ3v) is 1.51. The highest BCUT2D eigenvalue weighted by molar-refractivity contribution is 5.33. The molecule has 0 spiro atoms. The van der Waals surface area contributed by atoms with Crippen molar-refractivity contribution in [1.29, 1.82) is 0 Å². The van der Waals surface area contributed by atoms with E-state index in [0.717, 1.165) is 0 Å². The molecule has 0 aromatic rings. The molecular weight excluding hydrogens is 180 g/mol. The van der Waals surface area contributed by atoms with Crippen LogP contribution in [0.2, 0.25) is 0 Å². The Labute approximate surface area is 99.5 Å². The SMILES string of the molecule is C.C=CC.CC.CC1=CC1(C)C.CCC. The van der Waals surface area contributed by atoms with Gasteiger partial charge in [-0.25, -0.2) is 0 Å². The molecule has 0 aliphatic heterocycles. The quantitative estimate of drug-likeness (QED) is 0.418. The van der Waals surface area contributed by atoms with E-state index in [-0.39, 0.29) is 7.43 Å². The molecule has 0 heteroatoms. The second-order valence-corrected chi connectivity index (χ2v) is 3.66. The van der Waals surface area contributed by atoms with Gasteiger partial charge in [-0.2, -0.15) is 0 Å². The van der Waals surface area contributed by atoms with Crippen molar-refractivity contribution in [2.45, 2.75) is 69.2 Å². The predicted molar refractivity (Wildman–Crippen MR) is 77.5 cm³/mol. The van der Waals surface area contributed by atoms with Gasteiger partial charge in [0.05, 0.1) is 0 Å². The van der Waals surface area contributed by atoms with Gasteiger partial charge in [-0.1, -0.05) is 73.1 Å². The minimum absolute atomic E-state index is 0. The monoisotopic (exact) mass is 214 g/mol. The molecule has 0 saturated heterocycles. The summed E-state index contributed by atoms with van der Waals surface area (Å²) in [5, 5.41) is 0. The zero-order valence-electron chi connectivity index (χ0n) is 11.6. The van der Waals surface area contributed by atoms with E-state index in [1.807, 2.05) is 20.8 Å². The lowest BCUT2D eigenvalue weighted by atomic mass is 10.1. The normalized spacial score (nSPS) is 12.9. The van der Waals surface area contributed by atoms with Gasteiger partial charge in [0.1, 0.15) is 0 Å². The van der Waals surface area contributed by atoms with Crippen LogP contribution in [0.15, 0.2) is 24.3 Å². The van der Waals surface area contributed by atoms with Gasteiger partial charge in [-0.3, -0.25) is 0 Å². The highest BCUT2D eigenvalue weighted by Gasteiger charge is 2.28. The zero-order valence-corrected chi connectivity index (χ0v) is 11.6. The Bertz CT molecular complexity index is 138. The lowest BCUT2D eigenvalue weighted by molar-refractivity contribution is 0.700. The molecule has 1 aliphatic carbocycles. The maximum Gasteiger partial charge on any atom is 0.00346 e. The van der Waals surface area contributed by atoms with Gasteiger partial charge in [0.2, 0.25) is 0 Å². The molecule has 0 unspecified atom stereocenters. The van der Waals surface area contributed by atoms with Crippen molar-refractivity contribution in [2.24, 2.45) is 5.41 Å². The highest BCUT2D eigenvalue weighted by atomic mass is 14.3. The van der Waals surface area contributed by atoms with Gasteiger partial charge < -0.3 is 0 Å². The van der Waals surface area contributed by atoms with Crippen molar-refractivity contribution in [2.75, 3.05) is 0 Å². The summed E-state index contributed by atoms with van der Waals surface area (Å²) in [4.78, 5) is 0. The Kier molecular flexibility index (Phi) is 25.4. The first-order valence-electron chi connectivity index (χ1n) is 5.73. The van der Waals surface area contributed by atoms with E-state index < -0.39 is 0 Å². The van der Waals surface area contributed by atoms with Gasteiger partial charge in [0.25, 0.3) is 0 Å². The summed E-state index contributed by atoms with van der Waals surface area (Å²) in [7, 11) is 0. The third-order valence-electron chi connectivity index (χ3n) is 1.51. The summed E-state index contributed by atoms with van der Waals surface area (Å²) >= 11 is 0. The van der Waals surface area contributed by atoms with Crippen LogP contribution in [0.4, 0.5) is 0 Å². The summed E-state index contributed by atoms with van der Waals surface area (Å²) in [6, 6.07) is 0. The molecule has 0 aromatic carbocycles. The van der Waals surface area contributed by atoms with Crippen molar-refractivity contribution in [3.63, 3.8) is 0 Å². The van der Waals surface area contributed by atoms with E-state index in [1.165, 1.54) is 12.0 Å². The van der Waals surface area contributed by atoms with E-state index in [1.54, 1.807) is 6.08 Å². The van der Waals surface area contributed by atoms with Crippen LogP contribution in [0.1, 0.15) is 69.2 Å². The van der Waals surface area contributed by atoms with Crippen LogP contribution in [-0.4, -0.2) is 0 Å². The number of hydrogen-bond acceptors (Lipinski definition) is 0. The van der Waals surface area contributed by atoms with E-state index >= 15 is 0 Å². The molecular formula is C15H34. The topological polar surface area (TPSA) is 0 Å².